The predicted octanol–water partition coefficient (Wildman–Crippen LogP) is 2.34. The van der Waals surface area contributed by atoms with Crippen molar-refractivity contribution in [1.29, 1.82) is 0 Å². The first-order chi connectivity index (χ1) is 14.0. The maximum atomic E-state index is 12.8. The van der Waals surface area contributed by atoms with Gasteiger partial charge in [-0.2, -0.15) is 0 Å². The zero-order valence-electron chi connectivity index (χ0n) is 16.5. The Morgan fingerprint density at radius 2 is 1.86 bits per heavy atom. The Bertz CT molecular complexity index is 904. The maximum absolute atomic E-state index is 12.8. The van der Waals surface area contributed by atoms with E-state index < -0.39 is 0 Å². The van der Waals surface area contributed by atoms with Crippen molar-refractivity contribution in [2.24, 2.45) is 0 Å². The molecule has 29 heavy (non-hydrogen) atoms. The SMILES string of the molecule is COCC[NH+](CCOC)Cc1c(O)ccc2c1O/C(=C/c1cccc(Cl)c1)C2=O. The second kappa shape index (κ2) is 9.89. The number of methoxy groups -OCH3 is 2. The first kappa shape index (κ1) is 21.3. The zero-order chi connectivity index (χ0) is 20.8. The second-order valence-corrected chi connectivity index (χ2v) is 7.28. The molecular weight excluding hydrogens is 394 g/mol. The standard InChI is InChI=1S/C22H24ClNO5/c1-27-10-8-24(9-11-28-2)14-18-19(25)7-6-17-21(26)20(29-22(17)18)13-15-4-3-5-16(23)12-15/h3-7,12-13,25H,8-11,14H2,1-2H3/p+1/b20-13+. The molecule has 1 aliphatic rings. The number of nitrogens with one attached hydrogen (secondary N) is 1. The smallest absolute Gasteiger partial charge is 0.231 e. The number of rotatable bonds is 9. The molecule has 154 valence electrons. The molecule has 6 nitrogen and oxygen atoms in total. The molecule has 0 saturated carbocycles. The molecule has 0 atom stereocenters. The zero-order valence-corrected chi connectivity index (χ0v) is 17.3. The molecular formula is C22H25ClNO5+. The van der Waals surface area contributed by atoms with E-state index in [4.69, 9.17) is 25.8 Å². The lowest BCUT2D eigenvalue weighted by Gasteiger charge is -2.20. The van der Waals surface area contributed by atoms with E-state index in [1.54, 1.807) is 44.6 Å². The van der Waals surface area contributed by atoms with E-state index >= 15 is 0 Å². The molecule has 2 aromatic carbocycles. The number of carbonyl (C=O) groups is 1. The number of quaternary nitrogens is 1. The molecule has 0 fully saturated rings. The van der Waals surface area contributed by atoms with Crippen LogP contribution in [-0.2, 0) is 16.0 Å². The number of phenols is 1. The van der Waals surface area contributed by atoms with Crippen LogP contribution in [0.5, 0.6) is 11.5 Å². The van der Waals surface area contributed by atoms with Crippen LogP contribution < -0.4 is 9.64 Å². The van der Waals surface area contributed by atoms with Gasteiger partial charge in [0.2, 0.25) is 5.78 Å². The third-order valence-corrected chi connectivity index (χ3v) is 5.04. The summed E-state index contributed by atoms with van der Waals surface area (Å²) in [6.45, 7) is 3.12. The third-order valence-electron chi connectivity index (χ3n) is 4.81. The third kappa shape index (κ3) is 5.16. The van der Waals surface area contributed by atoms with Crippen molar-refractivity contribution in [3.63, 3.8) is 0 Å². The number of allylic oxidation sites excluding steroid dienone is 1. The lowest BCUT2D eigenvalue weighted by atomic mass is 10.0. The number of carbonyl (C=O) groups excluding carboxylic acids is 1. The molecule has 0 amide bonds. The van der Waals surface area contributed by atoms with Gasteiger partial charge in [-0.1, -0.05) is 23.7 Å². The molecule has 2 N–H and O–H groups in total. The minimum Gasteiger partial charge on any atom is -0.507 e. The summed E-state index contributed by atoms with van der Waals surface area (Å²) in [6.07, 6.45) is 1.66. The number of hydrogen-bond donors (Lipinski definition) is 2. The van der Waals surface area contributed by atoms with Gasteiger partial charge in [-0.3, -0.25) is 4.79 Å². The van der Waals surface area contributed by atoms with Gasteiger partial charge in [0.15, 0.2) is 11.5 Å². The molecule has 0 bridgehead atoms. The van der Waals surface area contributed by atoms with Gasteiger partial charge in [0.05, 0.1) is 24.3 Å². The van der Waals surface area contributed by atoms with Crippen LogP contribution in [0.3, 0.4) is 0 Å². The Morgan fingerprint density at radius 3 is 2.52 bits per heavy atom. The number of ketones is 1. The van der Waals surface area contributed by atoms with E-state index in [-0.39, 0.29) is 17.3 Å². The molecule has 0 radical (unpaired) electrons. The topological polar surface area (TPSA) is 69.4 Å². The lowest BCUT2D eigenvalue weighted by Crippen LogP contribution is -3.11. The number of Topliss-reactive ketones (excluding diaryl/α,β-unsaturated/α-hetero) is 1. The summed E-state index contributed by atoms with van der Waals surface area (Å²) in [5, 5.41) is 11.0. The van der Waals surface area contributed by atoms with Crippen LogP contribution in [0.25, 0.3) is 6.08 Å². The van der Waals surface area contributed by atoms with Gasteiger partial charge in [-0.05, 0) is 35.9 Å². The van der Waals surface area contributed by atoms with Gasteiger partial charge in [0.25, 0.3) is 0 Å². The highest BCUT2D eigenvalue weighted by Crippen LogP contribution is 2.39. The second-order valence-electron chi connectivity index (χ2n) is 6.85. The minimum atomic E-state index is -0.212. The summed E-state index contributed by atoms with van der Waals surface area (Å²) in [5.41, 5.74) is 1.82. The highest BCUT2D eigenvalue weighted by Gasteiger charge is 2.32. The molecule has 7 heteroatoms. The summed E-state index contributed by atoms with van der Waals surface area (Å²) in [4.78, 5) is 14.0. The highest BCUT2D eigenvalue weighted by atomic mass is 35.5. The average molecular weight is 419 g/mol. The van der Waals surface area contributed by atoms with Crippen molar-refractivity contribution in [2.75, 3.05) is 40.5 Å². The van der Waals surface area contributed by atoms with E-state index in [0.29, 0.717) is 41.7 Å². The molecule has 1 aliphatic heterocycles. The van der Waals surface area contributed by atoms with Gasteiger partial charge in [-0.25, -0.2) is 0 Å². The summed E-state index contributed by atoms with van der Waals surface area (Å²) >= 11 is 6.03. The number of ether oxygens (including phenoxy) is 3. The number of benzene rings is 2. The van der Waals surface area contributed by atoms with Crippen LogP contribution in [0.15, 0.2) is 42.2 Å². The molecule has 0 aromatic heterocycles. The van der Waals surface area contributed by atoms with Gasteiger partial charge in [0, 0.05) is 19.2 Å². The predicted molar refractivity (Wildman–Crippen MR) is 111 cm³/mol. The van der Waals surface area contributed by atoms with E-state index in [2.05, 4.69) is 0 Å². The Kier molecular flexibility index (Phi) is 7.28. The first-order valence-electron chi connectivity index (χ1n) is 9.39. The molecule has 0 saturated heterocycles. The van der Waals surface area contributed by atoms with Crippen LogP contribution in [-0.4, -0.2) is 51.4 Å². The number of fused-ring (bicyclic) bond motifs is 1. The Balaban J connectivity index is 1.89. The van der Waals surface area contributed by atoms with E-state index in [0.717, 1.165) is 23.6 Å². The fourth-order valence-corrected chi connectivity index (χ4v) is 3.46. The largest absolute Gasteiger partial charge is 0.507 e. The Hall–Kier alpha value is -2.38. The van der Waals surface area contributed by atoms with Crippen molar-refractivity contribution < 1.29 is 29.0 Å². The van der Waals surface area contributed by atoms with Crippen LogP contribution >= 0.6 is 11.6 Å². The number of aromatic hydroxyl groups is 1. The van der Waals surface area contributed by atoms with Crippen LogP contribution in [0.4, 0.5) is 0 Å². The Labute approximate surface area is 175 Å². The number of phenolic OH excluding ortho intramolecular Hbond substituents is 1. The maximum Gasteiger partial charge on any atom is 0.231 e. The van der Waals surface area contributed by atoms with Crippen LogP contribution in [0, 0.1) is 0 Å². The summed E-state index contributed by atoms with van der Waals surface area (Å²) in [6, 6.07) is 10.3. The lowest BCUT2D eigenvalue weighted by molar-refractivity contribution is -0.914. The van der Waals surface area contributed by atoms with Crippen molar-refractivity contribution >= 4 is 23.5 Å². The van der Waals surface area contributed by atoms with Gasteiger partial charge in [-0.15, -0.1) is 0 Å². The first-order valence-corrected chi connectivity index (χ1v) is 9.77. The highest BCUT2D eigenvalue weighted by molar-refractivity contribution is 6.30. The average Bonchev–Trinajstić information content (AvgIpc) is 3.01. The fraction of sp³-hybridized carbons (Fsp3) is 0.318. The van der Waals surface area contributed by atoms with Gasteiger partial charge in [0.1, 0.15) is 25.4 Å². The van der Waals surface area contributed by atoms with E-state index in [9.17, 15) is 9.90 Å². The van der Waals surface area contributed by atoms with Crippen molar-refractivity contribution in [3.05, 3.63) is 63.9 Å². The summed E-state index contributed by atoms with van der Waals surface area (Å²) in [5.74, 6) is 0.518. The quantitative estimate of drug-likeness (QED) is 0.612. The van der Waals surface area contributed by atoms with Crippen molar-refractivity contribution in [1.82, 2.24) is 0 Å². The monoisotopic (exact) mass is 418 g/mol. The van der Waals surface area contributed by atoms with Gasteiger partial charge < -0.3 is 24.2 Å². The van der Waals surface area contributed by atoms with Crippen LogP contribution in [0.2, 0.25) is 5.02 Å². The molecule has 2 aromatic rings. The molecule has 1 heterocycles. The van der Waals surface area contributed by atoms with E-state index in [1.807, 2.05) is 12.1 Å². The molecule has 3 rings (SSSR count). The summed E-state index contributed by atoms with van der Waals surface area (Å²) < 4.78 is 16.3. The number of halogens is 1. The van der Waals surface area contributed by atoms with Gasteiger partial charge >= 0.3 is 0 Å². The van der Waals surface area contributed by atoms with Crippen LogP contribution in [0.1, 0.15) is 21.5 Å². The van der Waals surface area contributed by atoms with Crippen molar-refractivity contribution in [3.8, 4) is 11.5 Å². The molecule has 0 aliphatic carbocycles. The molecule has 0 spiro atoms. The van der Waals surface area contributed by atoms with E-state index in [1.165, 1.54) is 0 Å². The number of hydrogen-bond acceptors (Lipinski definition) is 5. The summed E-state index contributed by atoms with van der Waals surface area (Å²) in [7, 11) is 3.31. The van der Waals surface area contributed by atoms with Crippen molar-refractivity contribution in [2.45, 2.75) is 6.54 Å². The Morgan fingerprint density at radius 1 is 1.14 bits per heavy atom. The normalized spacial score (nSPS) is 14.5. The minimum absolute atomic E-state index is 0.105. The fourth-order valence-electron chi connectivity index (χ4n) is 3.26. The molecule has 0 unspecified atom stereocenters.